The topological polar surface area (TPSA) is 47.2 Å². The Kier molecular flexibility index (Phi) is 5.60. The second-order valence-corrected chi connectivity index (χ2v) is 12.2. The third kappa shape index (κ3) is 4.33. The second-order valence-electron chi connectivity index (χ2n) is 10.3. The number of hydrogen-bond donors (Lipinski definition) is 0. The zero-order valence-corrected chi connectivity index (χ0v) is 20.5. The number of aromatic nitrogens is 2. The van der Waals surface area contributed by atoms with Gasteiger partial charge in [0, 0.05) is 30.2 Å². The molecule has 1 heterocycles. The van der Waals surface area contributed by atoms with E-state index in [2.05, 4.69) is 24.3 Å². The zero-order chi connectivity index (χ0) is 23.3. The van der Waals surface area contributed by atoms with Crippen LogP contribution in [0.15, 0.2) is 52.9 Å². The van der Waals surface area contributed by atoms with Crippen LogP contribution in [0.4, 0.5) is 4.39 Å². The minimum atomic E-state index is -1.21. The van der Waals surface area contributed by atoms with Crippen LogP contribution in [0, 0.1) is 17.7 Å². The molecule has 0 N–H and O–H groups in total. The molecule has 2 bridgehead atoms. The van der Waals surface area contributed by atoms with Gasteiger partial charge in [0.15, 0.2) is 0 Å². The average Bonchev–Trinajstić information content (AvgIpc) is 3.27. The monoisotopic (exact) mass is 463 g/mol. The number of nitrogens with zero attached hydrogens (tertiary/aromatic N) is 3. The molecule has 2 aliphatic carbocycles. The fourth-order valence-corrected chi connectivity index (χ4v) is 5.79. The van der Waals surface area contributed by atoms with Crippen LogP contribution in [0.25, 0.3) is 22.5 Å². The first-order valence-corrected chi connectivity index (χ1v) is 12.7. The van der Waals surface area contributed by atoms with Crippen LogP contribution in [0.5, 0.6) is 0 Å². The molecule has 1 unspecified atom stereocenters. The summed E-state index contributed by atoms with van der Waals surface area (Å²) in [4.78, 5) is 0. The standard InChI is InChI=1S/C27H30FN3OS/c1-27(2,3)33(32)30-26-20-7-8-21(26)15-22-14-19(6-5-18(22)13-20)24-16-25(31(4)29-24)17-9-11-23(28)12-10-17/h5-6,9-12,14,16,20-21H,7-8,13,15H2,1-4H3/b30-26-/t20-,21+,33?/m1/s1. The lowest BCUT2D eigenvalue weighted by molar-refractivity contribution is 0.594. The van der Waals surface area contributed by atoms with Crippen LogP contribution in [0.1, 0.15) is 44.7 Å². The molecule has 172 valence electrons. The van der Waals surface area contributed by atoms with Gasteiger partial charge in [-0.3, -0.25) is 4.68 Å². The maximum absolute atomic E-state index is 13.3. The summed E-state index contributed by atoms with van der Waals surface area (Å²) < 4.78 is 32.3. The van der Waals surface area contributed by atoms with Crippen LogP contribution in [0.3, 0.4) is 0 Å². The van der Waals surface area contributed by atoms with Gasteiger partial charge in [-0.25, -0.2) is 8.60 Å². The van der Waals surface area contributed by atoms with E-state index in [9.17, 15) is 8.60 Å². The van der Waals surface area contributed by atoms with Gasteiger partial charge < -0.3 is 0 Å². The molecule has 2 aliphatic rings. The van der Waals surface area contributed by atoms with E-state index in [1.165, 1.54) is 23.3 Å². The Morgan fingerprint density at radius 1 is 0.970 bits per heavy atom. The first-order valence-electron chi connectivity index (χ1n) is 11.6. The number of aryl methyl sites for hydroxylation is 1. The summed E-state index contributed by atoms with van der Waals surface area (Å²) in [5, 5.41) is 4.74. The molecule has 5 rings (SSSR count). The lowest BCUT2D eigenvalue weighted by Gasteiger charge is -2.17. The Labute approximate surface area is 197 Å². The summed E-state index contributed by atoms with van der Waals surface area (Å²) in [6.45, 7) is 5.96. The van der Waals surface area contributed by atoms with Gasteiger partial charge in [-0.2, -0.15) is 9.50 Å². The highest BCUT2D eigenvalue weighted by Gasteiger charge is 2.37. The van der Waals surface area contributed by atoms with E-state index in [1.807, 2.05) is 32.5 Å². The van der Waals surface area contributed by atoms with Gasteiger partial charge in [0.1, 0.15) is 16.8 Å². The molecule has 2 aromatic carbocycles. The second kappa shape index (κ2) is 8.32. The van der Waals surface area contributed by atoms with Crippen LogP contribution in [-0.2, 0) is 30.9 Å². The fourth-order valence-electron chi connectivity index (χ4n) is 5.03. The molecule has 0 spiro atoms. The SMILES string of the molecule is Cn1nc(-c2ccc3c(c2)C[C@@H]2CC[C@H](C3)/C2=N/S(=O)C(C)(C)C)cc1-c1ccc(F)cc1. The third-order valence-corrected chi connectivity index (χ3v) is 8.29. The molecule has 6 heteroatoms. The van der Waals surface area contributed by atoms with Crippen molar-refractivity contribution in [1.29, 1.82) is 0 Å². The third-order valence-electron chi connectivity index (χ3n) is 6.87. The normalized spacial score (nSPS) is 22.3. The van der Waals surface area contributed by atoms with E-state index in [4.69, 9.17) is 9.50 Å². The van der Waals surface area contributed by atoms with Gasteiger partial charge in [-0.1, -0.05) is 12.1 Å². The van der Waals surface area contributed by atoms with Gasteiger partial charge in [-0.15, -0.1) is 0 Å². The van der Waals surface area contributed by atoms with Crippen LogP contribution < -0.4 is 0 Å². The molecule has 3 atom stereocenters. The molecular formula is C27H30FN3OS. The lowest BCUT2D eigenvalue weighted by atomic mass is 9.91. The molecule has 1 saturated carbocycles. The number of benzene rings is 2. The van der Waals surface area contributed by atoms with Crippen LogP contribution in [-0.4, -0.2) is 24.4 Å². The smallest absolute Gasteiger partial charge is 0.144 e. The van der Waals surface area contributed by atoms with E-state index in [0.29, 0.717) is 11.8 Å². The van der Waals surface area contributed by atoms with E-state index in [1.54, 1.807) is 12.1 Å². The van der Waals surface area contributed by atoms with Crippen molar-refractivity contribution < 1.29 is 8.60 Å². The molecule has 4 nitrogen and oxygen atoms in total. The van der Waals surface area contributed by atoms with Crippen molar-refractivity contribution in [3.8, 4) is 22.5 Å². The first kappa shape index (κ1) is 22.2. The number of hydrogen-bond acceptors (Lipinski definition) is 2. The molecule has 0 saturated heterocycles. The Hall–Kier alpha value is -2.60. The van der Waals surface area contributed by atoms with Crippen molar-refractivity contribution in [3.05, 3.63) is 65.5 Å². The molecule has 33 heavy (non-hydrogen) atoms. The zero-order valence-electron chi connectivity index (χ0n) is 19.6. The minimum absolute atomic E-state index is 0.240. The molecule has 0 radical (unpaired) electrons. The fraction of sp³-hybridized carbons (Fsp3) is 0.407. The lowest BCUT2D eigenvalue weighted by Crippen LogP contribution is -2.24. The van der Waals surface area contributed by atoms with Gasteiger partial charge in [0.25, 0.3) is 0 Å². The van der Waals surface area contributed by atoms with Gasteiger partial charge >= 0.3 is 0 Å². The Morgan fingerprint density at radius 3 is 2.27 bits per heavy atom. The summed E-state index contributed by atoms with van der Waals surface area (Å²) >= 11 is 0. The molecule has 1 fully saturated rings. The van der Waals surface area contributed by atoms with Gasteiger partial charge in [-0.05, 0) is 99.5 Å². The summed E-state index contributed by atoms with van der Waals surface area (Å²) in [6, 6.07) is 15.2. The predicted octanol–water partition coefficient (Wildman–Crippen LogP) is 5.92. The van der Waals surface area contributed by atoms with E-state index >= 15 is 0 Å². The Morgan fingerprint density at radius 2 is 1.61 bits per heavy atom. The van der Waals surface area contributed by atoms with E-state index in [0.717, 1.165) is 53.9 Å². The Bertz CT molecular complexity index is 1250. The largest absolute Gasteiger partial charge is 0.267 e. The molecule has 3 aromatic rings. The summed E-state index contributed by atoms with van der Waals surface area (Å²) in [6.07, 6.45) is 4.16. The van der Waals surface area contributed by atoms with Crippen LogP contribution in [0.2, 0.25) is 0 Å². The molecule has 1 aromatic heterocycles. The van der Waals surface area contributed by atoms with Crippen LogP contribution >= 0.6 is 0 Å². The van der Waals surface area contributed by atoms with E-state index < -0.39 is 11.0 Å². The van der Waals surface area contributed by atoms with Crippen molar-refractivity contribution in [1.82, 2.24) is 9.78 Å². The number of fused-ring (bicyclic) bond motifs is 3. The molecular weight excluding hydrogens is 433 g/mol. The summed E-state index contributed by atoms with van der Waals surface area (Å²) in [7, 11) is 0.708. The molecule has 0 aliphatic heterocycles. The van der Waals surface area contributed by atoms with Crippen molar-refractivity contribution in [2.75, 3.05) is 0 Å². The number of rotatable bonds is 3. The highest BCUT2D eigenvalue weighted by molar-refractivity contribution is 7.85. The average molecular weight is 464 g/mol. The van der Waals surface area contributed by atoms with Gasteiger partial charge in [0.05, 0.1) is 16.1 Å². The van der Waals surface area contributed by atoms with Crippen molar-refractivity contribution >= 4 is 16.7 Å². The quantitative estimate of drug-likeness (QED) is 0.484. The van der Waals surface area contributed by atoms with E-state index in [-0.39, 0.29) is 10.6 Å². The number of halogens is 1. The summed E-state index contributed by atoms with van der Waals surface area (Å²) in [5.74, 6) is 0.528. The minimum Gasteiger partial charge on any atom is -0.267 e. The maximum Gasteiger partial charge on any atom is 0.144 e. The Balaban J connectivity index is 1.46. The van der Waals surface area contributed by atoms with Crippen molar-refractivity contribution in [3.63, 3.8) is 0 Å². The summed E-state index contributed by atoms with van der Waals surface area (Å²) in [5.41, 5.74) is 7.79. The first-order chi connectivity index (χ1) is 15.7. The highest BCUT2D eigenvalue weighted by Crippen LogP contribution is 2.40. The molecule has 0 amide bonds. The van der Waals surface area contributed by atoms with Crippen molar-refractivity contribution in [2.45, 2.75) is 51.2 Å². The van der Waals surface area contributed by atoms with Gasteiger partial charge in [0.2, 0.25) is 0 Å². The highest BCUT2D eigenvalue weighted by atomic mass is 32.2. The van der Waals surface area contributed by atoms with Crippen molar-refractivity contribution in [2.24, 2.45) is 23.3 Å². The maximum atomic E-state index is 13.3. The predicted molar refractivity (Wildman–Crippen MR) is 133 cm³/mol.